The van der Waals surface area contributed by atoms with Crippen LogP contribution in [0.3, 0.4) is 0 Å². The lowest BCUT2D eigenvalue weighted by atomic mass is 10.2. The number of hydrogen-bond acceptors (Lipinski definition) is 2. The number of rotatable bonds is 1. The molecule has 3 nitrogen and oxygen atoms in total. The van der Waals surface area contributed by atoms with Crippen LogP contribution in [0.15, 0.2) is 36.0 Å². The molecule has 2 rings (SSSR count). The van der Waals surface area contributed by atoms with Crippen LogP contribution in [-0.4, -0.2) is 23.0 Å². The summed E-state index contributed by atoms with van der Waals surface area (Å²) in [4.78, 5) is 13.2. The van der Waals surface area contributed by atoms with Crippen molar-refractivity contribution in [2.45, 2.75) is 0 Å². The van der Waals surface area contributed by atoms with E-state index < -0.39 is 0 Å². The van der Waals surface area contributed by atoms with Crippen molar-refractivity contribution in [1.82, 2.24) is 10.2 Å². The van der Waals surface area contributed by atoms with E-state index in [-0.39, 0.29) is 5.91 Å². The lowest BCUT2D eigenvalue weighted by Gasteiger charge is -2.08. The summed E-state index contributed by atoms with van der Waals surface area (Å²) in [5.41, 5.74) is 1.56. The summed E-state index contributed by atoms with van der Waals surface area (Å²) in [5.74, 6) is -0.147. The first-order valence-corrected chi connectivity index (χ1v) is 4.95. The van der Waals surface area contributed by atoms with Gasteiger partial charge in [0.1, 0.15) is 5.70 Å². The number of thiocarbonyl (C=S) groups is 1. The topological polar surface area (TPSA) is 32.3 Å². The highest BCUT2D eigenvalue weighted by Gasteiger charge is 2.26. The molecule has 0 atom stereocenters. The van der Waals surface area contributed by atoms with Crippen molar-refractivity contribution in [3.8, 4) is 0 Å². The van der Waals surface area contributed by atoms with Crippen molar-refractivity contribution in [2.24, 2.45) is 0 Å². The Kier molecular flexibility index (Phi) is 2.51. The van der Waals surface area contributed by atoms with E-state index >= 15 is 0 Å². The van der Waals surface area contributed by atoms with Gasteiger partial charge in [-0.25, -0.2) is 0 Å². The maximum absolute atomic E-state index is 11.5. The molecule has 1 amide bonds. The maximum atomic E-state index is 11.5. The van der Waals surface area contributed by atoms with Crippen LogP contribution in [0.25, 0.3) is 6.08 Å². The highest BCUT2D eigenvalue weighted by Crippen LogP contribution is 2.14. The Morgan fingerprint density at radius 2 is 2.00 bits per heavy atom. The zero-order valence-electron chi connectivity index (χ0n) is 8.23. The number of likely N-dealkylation sites (N-methyl/N-ethyl adjacent to an activating group) is 1. The number of carbonyl (C=O) groups is 1. The second-order valence-corrected chi connectivity index (χ2v) is 3.65. The SMILES string of the molecule is CN1C(=S)NC(=O)C1=Cc1ccccc1. The molecular formula is C11H10N2OS. The zero-order valence-corrected chi connectivity index (χ0v) is 9.04. The normalized spacial score (nSPS) is 18.5. The summed E-state index contributed by atoms with van der Waals surface area (Å²) in [6.45, 7) is 0. The van der Waals surface area contributed by atoms with E-state index in [0.29, 0.717) is 10.8 Å². The average molecular weight is 218 g/mol. The van der Waals surface area contributed by atoms with E-state index in [1.807, 2.05) is 36.4 Å². The molecule has 1 heterocycles. The number of carbonyl (C=O) groups excluding carboxylic acids is 1. The molecule has 76 valence electrons. The van der Waals surface area contributed by atoms with Crippen molar-refractivity contribution < 1.29 is 4.79 Å². The predicted octanol–water partition coefficient (Wildman–Crippen LogP) is 1.37. The summed E-state index contributed by atoms with van der Waals surface area (Å²) >= 11 is 4.97. The molecule has 0 saturated carbocycles. The van der Waals surface area contributed by atoms with Crippen LogP contribution in [-0.2, 0) is 4.79 Å². The third-order valence-electron chi connectivity index (χ3n) is 2.22. The van der Waals surface area contributed by atoms with Crippen LogP contribution in [0.4, 0.5) is 0 Å². The van der Waals surface area contributed by atoms with E-state index in [0.717, 1.165) is 5.56 Å². The lowest BCUT2D eigenvalue weighted by molar-refractivity contribution is -0.115. The fraction of sp³-hybridized carbons (Fsp3) is 0.0909. The van der Waals surface area contributed by atoms with Gasteiger partial charge in [-0.15, -0.1) is 0 Å². The number of nitrogens with zero attached hydrogens (tertiary/aromatic N) is 1. The highest BCUT2D eigenvalue weighted by molar-refractivity contribution is 7.80. The first-order chi connectivity index (χ1) is 7.18. The van der Waals surface area contributed by atoms with Crippen LogP contribution in [0.5, 0.6) is 0 Å². The van der Waals surface area contributed by atoms with Gasteiger partial charge in [-0.2, -0.15) is 0 Å². The standard InChI is InChI=1S/C11H10N2OS/c1-13-9(10(14)12-11(13)15)7-8-5-3-2-4-6-8/h2-7H,1H3,(H,12,14,15). The molecule has 0 spiro atoms. The highest BCUT2D eigenvalue weighted by atomic mass is 32.1. The molecule has 1 aliphatic heterocycles. The van der Waals surface area contributed by atoms with Crippen LogP contribution >= 0.6 is 12.2 Å². The molecule has 15 heavy (non-hydrogen) atoms. The third kappa shape index (κ3) is 1.89. The minimum absolute atomic E-state index is 0.147. The summed E-state index contributed by atoms with van der Waals surface area (Å²) in [7, 11) is 1.77. The molecule has 0 radical (unpaired) electrons. The van der Waals surface area contributed by atoms with Crippen molar-refractivity contribution in [3.63, 3.8) is 0 Å². The van der Waals surface area contributed by atoms with Gasteiger partial charge in [0.05, 0.1) is 0 Å². The molecule has 0 aliphatic carbocycles. The number of hydrogen-bond donors (Lipinski definition) is 1. The van der Waals surface area contributed by atoms with E-state index in [1.54, 1.807) is 11.9 Å². The molecule has 1 aliphatic rings. The van der Waals surface area contributed by atoms with Gasteiger partial charge >= 0.3 is 0 Å². The number of nitrogens with one attached hydrogen (secondary N) is 1. The van der Waals surface area contributed by atoms with Crippen molar-refractivity contribution >= 4 is 29.3 Å². The zero-order chi connectivity index (χ0) is 10.8. The Morgan fingerprint density at radius 3 is 2.53 bits per heavy atom. The molecule has 0 aromatic heterocycles. The third-order valence-corrected chi connectivity index (χ3v) is 2.60. The van der Waals surface area contributed by atoms with E-state index in [2.05, 4.69) is 5.32 Å². The molecule has 1 N–H and O–H groups in total. The second-order valence-electron chi connectivity index (χ2n) is 3.26. The Morgan fingerprint density at radius 1 is 1.33 bits per heavy atom. The van der Waals surface area contributed by atoms with E-state index in [9.17, 15) is 4.79 Å². The maximum Gasteiger partial charge on any atom is 0.274 e. The molecule has 1 aromatic rings. The van der Waals surface area contributed by atoms with Crippen LogP contribution in [0.1, 0.15) is 5.56 Å². The van der Waals surface area contributed by atoms with Gasteiger partial charge in [0, 0.05) is 7.05 Å². The van der Waals surface area contributed by atoms with Crippen LogP contribution in [0.2, 0.25) is 0 Å². The van der Waals surface area contributed by atoms with Gasteiger partial charge in [0.15, 0.2) is 5.11 Å². The lowest BCUT2D eigenvalue weighted by Crippen LogP contribution is -2.23. The monoisotopic (exact) mass is 218 g/mol. The van der Waals surface area contributed by atoms with Crippen LogP contribution in [0, 0.1) is 0 Å². The Hall–Kier alpha value is -1.68. The summed E-state index contributed by atoms with van der Waals surface area (Å²) < 4.78 is 0. The molecule has 1 saturated heterocycles. The van der Waals surface area contributed by atoms with Crippen molar-refractivity contribution in [3.05, 3.63) is 41.6 Å². The molecule has 1 fully saturated rings. The molecular weight excluding hydrogens is 208 g/mol. The quantitative estimate of drug-likeness (QED) is 0.571. The second kappa shape index (κ2) is 3.82. The summed E-state index contributed by atoms with van der Waals surface area (Å²) in [6, 6.07) is 9.67. The van der Waals surface area contributed by atoms with Gasteiger partial charge in [0.2, 0.25) is 0 Å². The number of benzene rings is 1. The average Bonchev–Trinajstić information content (AvgIpc) is 2.47. The number of amides is 1. The smallest absolute Gasteiger partial charge is 0.274 e. The van der Waals surface area contributed by atoms with Gasteiger partial charge in [-0.05, 0) is 23.9 Å². The van der Waals surface area contributed by atoms with Crippen LogP contribution < -0.4 is 5.32 Å². The summed E-state index contributed by atoms with van der Waals surface area (Å²) in [5, 5.41) is 3.03. The summed E-state index contributed by atoms with van der Waals surface area (Å²) in [6.07, 6.45) is 1.81. The Labute approximate surface area is 93.4 Å². The first-order valence-electron chi connectivity index (χ1n) is 4.54. The molecule has 4 heteroatoms. The molecule has 1 aromatic carbocycles. The molecule has 0 bridgehead atoms. The fourth-order valence-corrected chi connectivity index (χ4v) is 1.57. The van der Waals surface area contributed by atoms with E-state index in [4.69, 9.17) is 12.2 Å². The van der Waals surface area contributed by atoms with Gasteiger partial charge in [0.25, 0.3) is 5.91 Å². The fourth-order valence-electron chi connectivity index (χ4n) is 1.38. The predicted molar refractivity (Wildman–Crippen MR) is 62.9 cm³/mol. The van der Waals surface area contributed by atoms with E-state index in [1.165, 1.54) is 0 Å². The first kappa shape index (κ1) is 9.86. The largest absolute Gasteiger partial charge is 0.317 e. The Bertz CT molecular complexity index is 439. The van der Waals surface area contributed by atoms with Gasteiger partial charge in [-0.3, -0.25) is 10.1 Å². The molecule has 0 unspecified atom stereocenters. The minimum atomic E-state index is -0.147. The van der Waals surface area contributed by atoms with Crippen molar-refractivity contribution in [1.29, 1.82) is 0 Å². The van der Waals surface area contributed by atoms with Gasteiger partial charge in [-0.1, -0.05) is 30.3 Å². The van der Waals surface area contributed by atoms with Crippen molar-refractivity contribution in [2.75, 3.05) is 7.05 Å². The Balaban J connectivity index is 2.35. The minimum Gasteiger partial charge on any atom is -0.317 e. The van der Waals surface area contributed by atoms with Gasteiger partial charge < -0.3 is 4.90 Å².